The number of H-pyrrole nitrogens is 1. The van der Waals surface area contributed by atoms with Gasteiger partial charge in [-0.05, 0) is 42.2 Å². The van der Waals surface area contributed by atoms with Crippen LogP contribution in [-0.4, -0.2) is 32.4 Å². The number of fused-ring (bicyclic) bond motifs is 3. The van der Waals surface area contributed by atoms with Crippen molar-refractivity contribution < 1.29 is 14.2 Å². The quantitative estimate of drug-likeness (QED) is 0.710. The molecule has 0 saturated carbocycles. The second-order valence-electron chi connectivity index (χ2n) is 6.93. The van der Waals surface area contributed by atoms with E-state index < -0.39 is 0 Å². The number of para-hydroxylation sites is 1. The molecule has 0 bridgehead atoms. The molecule has 0 spiro atoms. The van der Waals surface area contributed by atoms with Crippen molar-refractivity contribution in [3.63, 3.8) is 0 Å². The van der Waals surface area contributed by atoms with Crippen molar-refractivity contribution in [1.82, 2.24) is 10.3 Å². The van der Waals surface area contributed by atoms with Crippen LogP contribution in [0, 0.1) is 0 Å². The molecule has 27 heavy (non-hydrogen) atoms. The highest BCUT2D eigenvalue weighted by atomic mass is 16.5. The van der Waals surface area contributed by atoms with Crippen LogP contribution in [0.5, 0.6) is 17.2 Å². The van der Waals surface area contributed by atoms with E-state index in [0.717, 1.165) is 18.4 Å². The molecular weight excluding hydrogens is 340 g/mol. The van der Waals surface area contributed by atoms with Gasteiger partial charge in [0.25, 0.3) is 0 Å². The summed E-state index contributed by atoms with van der Waals surface area (Å²) in [6, 6.07) is 13.0. The van der Waals surface area contributed by atoms with Crippen molar-refractivity contribution in [3.05, 3.63) is 53.2 Å². The molecule has 5 heteroatoms. The Morgan fingerprint density at radius 1 is 1.00 bits per heavy atom. The lowest BCUT2D eigenvalue weighted by Gasteiger charge is -2.32. The van der Waals surface area contributed by atoms with Crippen molar-refractivity contribution in [2.75, 3.05) is 21.3 Å². The third-order valence-corrected chi connectivity index (χ3v) is 5.50. The molecule has 0 aliphatic carbocycles. The molecule has 0 saturated heterocycles. The lowest BCUT2D eigenvalue weighted by molar-refractivity contribution is 0.322. The fraction of sp³-hybridized carbons (Fsp3) is 0.364. The highest BCUT2D eigenvalue weighted by Crippen LogP contribution is 2.43. The highest BCUT2D eigenvalue weighted by Gasteiger charge is 2.31. The van der Waals surface area contributed by atoms with Gasteiger partial charge < -0.3 is 24.5 Å². The molecule has 142 valence electrons. The predicted octanol–water partition coefficient (Wildman–Crippen LogP) is 4.21. The average Bonchev–Trinajstić information content (AvgIpc) is 3.10. The molecule has 1 aliphatic rings. The average molecular weight is 366 g/mol. The molecule has 5 nitrogen and oxygen atoms in total. The summed E-state index contributed by atoms with van der Waals surface area (Å²) in [7, 11) is 4.93. The molecule has 3 aromatic rings. The normalized spacial score (nSPS) is 19.0. The number of ether oxygens (including phenoxy) is 3. The minimum Gasteiger partial charge on any atom is -0.493 e. The van der Waals surface area contributed by atoms with Gasteiger partial charge in [-0.3, -0.25) is 0 Å². The lowest BCUT2D eigenvalue weighted by Crippen LogP contribution is -2.39. The third-order valence-electron chi connectivity index (χ3n) is 5.50. The fourth-order valence-electron chi connectivity index (χ4n) is 4.10. The fourth-order valence-corrected chi connectivity index (χ4v) is 4.10. The minimum absolute atomic E-state index is 0.0415. The Bertz CT molecular complexity index is 938. The van der Waals surface area contributed by atoms with Gasteiger partial charge in [0, 0.05) is 22.6 Å². The molecule has 2 heterocycles. The van der Waals surface area contributed by atoms with Crippen molar-refractivity contribution in [1.29, 1.82) is 0 Å². The number of aromatic nitrogens is 1. The van der Waals surface area contributed by atoms with Gasteiger partial charge in [0.1, 0.15) is 0 Å². The Morgan fingerprint density at radius 3 is 2.33 bits per heavy atom. The summed E-state index contributed by atoms with van der Waals surface area (Å²) in [5.74, 6) is 1.96. The van der Waals surface area contributed by atoms with E-state index in [4.69, 9.17) is 14.2 Å². The van der Waals surface area contributed by atoms with E-state index in [-0.39, 0.29) is 6.04 Å². The summed E-state index contributed by atoms with van der Waals surface area (Å²) in [6.07, 6.45) is 2.09. The van der Waals surface area contributed by atoms with Crippen LogP contribution in [0.2, 0.25) is 0 Å². The number of benzene rings is 2. The molecule has 2 unspecified atom stereocenters. The SMILES string of the molecule is CCC1Cc2c([nH]c3ccccc23)C(c2cc(OC)c(OC)c(OC)c2)N1. The topological polar surface area (TPSA) is 55.5 Å². The second-order valence-corrected chi connectivity index (χ2v) is 6.93. The Morgan fingerprint density at radius 2 is 1.70 bits per heavy atom. The van der Waals surface area contributed by atoms with Gasteiger partial charge in [-0.15, -0.1) is 0 Å². The Kier molecular flexibility index (Phi) is 4.70. The maximum absolute atomic E-state index is 5.57. The summed E-state index contributed by atoms with van der Waals surface area (Å²) in [5.41, 5.74) is 4.89. The Balaban J connectivity index is 1.89. The zero-order valence-corrected chi connectivity index (χ0v) is 16.3. The molecule has 2 aromatic carbocycles. The van der Waals surface area contributed by atoms with Crippen LogP contribution in [0.4, 0.5) is 0 Å². The van der Waals surface area contributed by atoms with Crippen molar-refractivity contribution in [2.24, 2.45) is 0 Å². The first-order valence-corrected chi connectivity index (χ1v) is 9.35. The van der Waals surface area contributed by atoms with Crippen molar-refractivity contribution in [3.8, 4) is 17.2 Å². The summed E-state index contributed by atoms with van der Waals surface area (Å²) in [5, 5.41) is 5.10. The third kappa shape index (κ3) is 2.92. The summed E-state index contributed by atoms with van der Waals surface area (Å²) in [4.78, 5) is 3.64. The number of methoxy groups -OCH3 is 3. The number of nitrogens with one attached hydrogen (secondary N) is 2. The van der Waals surface area contributed by atoms with Crippen molar-refractivity contribution in [2.45, 2.75) is 31.8 Å². The Hall–Kier alpha value is -2.66. The van der Waals surface area contributed by atoms with Gasteiger partial charge in [0.15, 0.2) is 11.5 Å². The molecule has 2 N–H and O–H groups in total. The molecule has 0 radical (unpaired) electrons. The number of hydrogen-bond donors (Lipinski definition) is 2. The first kappa shape index (κ1) is 17.7. The maximum atomic E-state index is 5.57. The standard InChI is InChI=1S/C22H26N2O3/c1-5-14-12-16-15-8-6-7-9-17(15)24-21(16)20(23-14)13-10-18(25-2)22(27-4)19(11-13)26-3/h6-11,14,20,23-24H,5,12H2,1-4H3. The largest absolute Gasteiger partial charge is 0.493 e. The van der Waals surface area contributed by atoms with Crippen molar-refractivity contribution >= 4 is 10.9 Å². The van der Waals surface area contributed by atoms with Gasteiger partial charge in [0.05, 0.1) is 27.4 Å². The number of hydrogen-bond acceptors (Lipinski definition) is 4. The van der Waals surface area contributed by atoms with Crippen LogP contribution in [-0.2, 0) is 6.42 Å². The maximum Gasteiger partial charge on any atom is 0.203 e. The van der Waals surface area contributed by atoms with Crippen LogP contribution >= 0.6 is 0 Å². The van der Waals surface area contributed by atoms with Gasteiger partial charge in [-0.2, -0.15) is 0 Å². The zero-order valence-electron chi connectivity index (χ0n) is 16.3. The predicted molar refractivity (Wildman–Crippen MR) is 107 cm³/mol. The molecular formula is C22H26N2O3. The van der Waals surface area contributed by atoms with E-state index in [1.54, 1.807) is 21.3 Å². The van der Waals surface area contributed by atoms with Crippen LogP contribution in [0.15, 0.2) is 36.4 Å². The molecule has 0 amide bonds. The van der Waals surface area contributed by atoms with Crippen LogP contribution < -0.4 is 19.5 Å². The molecule has 1 aliphatic heterocycles. The van der Waals surface area contributed by atoms with Crippen LogP contribution in [0.1, 0.15) is 36.2 Å². The summed E-state index contributed by atoms with van der Waals surface area (Å²) < 4.78 is 16.6. The van der Waals surface area contributed by atoms with Crippen LogP contribution in [0.3, 0.4) is 0 Å². The zero-order chi connectivity index (χ0) is 19.0. The van der Waals surface area contributed by atoms with Gasteiger partial charge in [-0.25, -0.2) is 0 Å². The molecule has 0 fully saturated rings. The van der Waals surface area contributed by atoms with Gasteiger partial charge in [0.2, 0.25) is 5.75 Å². The smallest absolute Gasteiger partial charge is 0.203 e. The minimum atomic E-state index is 0.0415. The van der Waals surface area contributed by atoms with E-state index in [1.807, 2.05) is 12.1 Å². The number of rotatable bonds is 5. The van der Waals surface area contributed by atoms with E-state index >= 15 is 0 Å². The van der Waals surface area contributed by atoms with Gasteiger partial charge >= 0.3 is 0 Å². The van der Waals surface area contributed by atoms with E-state index in [0.29, 0.717) is 23.3 Å². The highest BCUT2D eigenvalue weighted by molar-refractivity contribution is 5.85. The van der Waals surface area contributed by atoms with Gasteiger partial charge in [-0.1, -0.05) is 25.1 Å². The molecule has 4 rings (SSSR count). The van der Waals surface area contributed by atoms with E-state index in [2.05, 4.69) is 41.5 Å². The monoisotopic (exact) mass is 366 g/mol. The summed E-state index contributed by atoms with van der Waals surface area (Å²) >= 11 is 0. The lowest BCUT2D eigenvalue weighted by atomic mass is 9.89. The first-order chi connectivity index (χ1) is 13.2. The summed E-state index contributed by atoms with van der Waals surface area (Å²) in [6.45, 7) is 2.23. The second kappa shape index (κ2) is 7.16. The number of aromatic amines is 1. The molecule has 2 atom stereocenters. The van der Waals surface area contributed by atoms with E-state index in [9.17, 15) is 0 Å². The first-order valence-electron chi connectivity index (χ1n) is 9.35. The Labute approximate surface area is 159 Å². The van der Waals surface area contributed by atoms with E-state index in [1.165, 1.54) is 22.2 Å². The van der Waals surface area contributed by atoms with Crippen LogP contribution in [0.25, 0.3) is 10.9 Å². The molecule has 1 aromatic heterocycles.